The molecular weight excluding hydrogens is 206 g/mol. The zero-order valence-corrected chi connectivity index (χ0v) is 10.7. The lowest BCUT2D eigenvalue weighted by atomic mass is 9.99. The minimum Gasteiger partial charge on any atom is -0.496 e. The summed E-state index contributed by atoms with van der Waals surface area (Å²) in [5, 5.41) is 2.99. The minimum absolute atomic E-state index is 0.729. The van der Waals surface area contributed by atoms with E-state index in [2.05, 4.69) is 25.2 Å². The van der Waals surface area contributed by atoms with Gasteiger partial charge in [-0.3, -0.25) is 0 Å². The van der Waals surface area contributed by atoms with Crippen LogP contribution in [-0.2, 0) is 0 Å². The predicted octanol–water partition coefficient (Wildman–Crippen LogP) is 2.52. The molecule has 0 unspecified atom stereocenters. The van der Waals surface area contributed by atoms with Gasteiger partial charge in [0.2, 0.25) is 0 Å². The molecule has 0 bridgehead atoms. The number of thiocarbonyl (C=S) groups is 1. The summed E-state index contributed by atoms with van der Waals surface area (Å²) in [6.07, 6.45) is 0. The van der Waals surface area contributed by atoms with Crippen molar-refractivity contribution in [3.63, 3.8) is 0 Å². The van der Waals surface area contributed by atoms with Crippen LogP contribution in [0.2, 0.25) is 0 Å². The maximum Gasteiger partial charge on any atom is 0.132 e. The van der Waals surface area contributed by atoms with Crippen molar-refractivity contribution in [3.8, 4) is 5.75 Å². The lowest BCUT2D eigenvalue weighted by Crippen LogP contribution is -2.19. The molecule has 0 aliphatic heterocycles. The van der Waals surface area contributed by atoms with Crippen LogP contribution in [0.15, 0.2) is 6.07 Å². The van der Waals surface area contributed by atoms with E-state index in [0.29, 0.717) is 0 Å². The molecule has 3 heteroatoms. The topological polar surface area (TPSA) is 21.3 Å². The van der Waals surface area contributed by atoms with Crippen molar-refractivity contribution in [2.24, 2.45) is 0 Å². The van der Waals surface area contributed by atoms with Crippen molar-refractivity contribution in [2.75, 3.05) is 14.2 Å². The van der Waals surface area contributed by atoms with Crippen molar-refractivity contribution in [3.05, 3.63) is 28.3 Å². The number of benzene rings is 1. The van der Waals surface area contributed by atoms with Crippen molar-refractivity contribution in [2.45, 2.75) is 20.8 Å². The SMILES string of the molecule is CNC(=S)c1c(C)cc(C)c(C)c1OC. The molecule has 0 saturated heterocycles. The quantitative estimate of drug-likeness (QED) is 0.778. The predicted molar refractivity (Wildman–Crippen MR) is 68.0 cm³/mol. The second-order valence-electron chi connectivity index (χ2n) is 3.62. The van der Waals surface area contributed by atoms with Crippen molar-refractivity contribution < 1.29 is 4.74 Å². The Balaban J connectivity index is 3.49. The Morgan fingerprint density at radius 2 is 1.87 bits per heavy atom. The Morgan fingerprint density at radius 1 is 1.27 bits per heavy atom. The highest BCUT2D eigenvalue weighted by molar-refractivity contribution is 7.80. The fourth-order valence-corrected chi connectivity index (χ4v) is 1.97. The summed E-state index contributed by atoms with van der Waals surface area (Å²) in [6, 6.07) is 2.14. The number of methoxy groups -OCH3 is 1. The third-order valence-corrected chi connectivity index (χ3v) is 3.05. The summed E-state index contributed by atoms with van der Waals surface area (Å²) in [6.45, 7) is 6.18. The van der Waals surface area contributed by atoms with E-state index >= 15 is 0 Å². The molecule has 1 rings (SSSR count). The highest BCUT2D eigenvalue weighted by atomic mass is 32.1. The molecule has 0 aromatic heterocycles. The Hall–Kier alpha value is -1.09. The van der Waals surface area contributed by atoms with Crippen LogP contribution >= 0.6 is 12.2 Å². The maximum absolute atomic E-state index is 5.43. The average molecular weight is 223 g/mol. The van der Waals surface area contributed by atoms with Gasteiger partial charge in [-0.25, -0.2) is 0 Å². The molecule has 0 spiro atoms. The smallest absolute Gasteiger partial charge is 0.132 e. The summed E-state index contributed by atoms with van der Waals surface area (Å²) < 4.78 is 5.43. The highest BCUT2D eigenvalue weighted by Gasteiger charge is 2.14. The molecular formula is C12H17NOS. The molecule has 0 heterocycles. The van der Waals surface area contributed by atoms with Crippen LogP contribution in [0.4, 0.5) is 0 Å². The molecule has 0 fully saturated rings. The van der Waals surface area contributed by atoms with E-state index in [1.165, 1.54) is 5.56 Å². The van der Waals surface area contributed by atoms with E-state index in [1.54, 1.807) is 7.11 Å². The van der Waals surface area contributed by atoms with Gasteiger partial charge in [0.15, 0.2) is 0 Å². The minimum atomic E-state index is 0.729. The Morgan fingerprint density at radius 3 is 2.33 bits per heavy atom. The Labute approximate surface area is 96.6 Å². The van der Waals surface area contributed by atoms with Gasteiger partial charge in [-0.15, -0.1) is 0 Å². The third-order valence-electron chi connectivity index (χ3n) is 2.64. The lowest BCUT2D eigenvalue weighted by Gasteiger charge is -2.16. The van der Waals surface area contributed by atoms with Crippen LogP contribution in [-0.4, -0.2) is 19.1 Å². The van der Waals surface area contributed by atoms with E-state index in [0.717, 1.165) is 27.4 Å². The second kappa shape index (κ2) is 4.62. The van der Waals surface area contributed by atoms with Crippen LogP contribution in [0.1, 0.15) is 22.3 Å². The summed E-state index contributed by atoms with van der Waals surface area (Å²) in [5.41, 5.74) is 4.52. The van der Waals surface area contributed by atoms with Crippen LogP contribution in [0.25, 0.3) is 0 Å². The van der Waals surface area contributed by atoms with Gasteiger partial charge in [-0.2, -0.15) is 0 Å². The fourth-order valence-electron chi connectivity index (χ4n) is 1.71. The second-order valence-corrected chi connectivity index (χ2v) is 4.03. The molecule has 15 heavy (non-hydrogen) atoms. The zero-order chi connectivity index (χ0) is 11.6. The largest absolute Gasteiger partial charge is 0.496 e. The molecule has 0 saturated carbocycles. The fraction of sp³-hybridized carbons (Fsp3) is 0.417. The number of nitrogens with one attached hydrogen (secondary N) is 1. The van der Waals surface area contributed by atoms with E-state index in [4.69, 9.17) is 17.0 Å². The van der Waals surface area contributed by atoms with Gasteiger partial charge in [0.05, 0.1) is 12.7 Å². The van der Waals surface area contributed by atoms with Crippen LogP contribution in [0.5, 0.6) is 5.75 Å². The number of hydrogen-bond acceptors (Lipinski definition) is 2. The summed E-state index contributed by atoms with van der Waals surface area (Å²) in [7, 11) is 3.51. The average Bonchev–Trinajstić information content (AvgIpc) is 2.21. The van der Waals surface area contributed by atoms with Gasteiger partial charge in [0, 0.05) is 7.05 Å². The van der Waals surface area contributed by atoms with Crippen molar-refractivity contribution in [1.29, 1.82) is 0 Å². The van der Waals surface area contributed by atoms with Crippen LogP contribution in [0.3, 0.4) is 0 Å². The molecule has 1 N–H and O–H groups in total. The molecule has 1 aromatic carbocycles. The van der Waals surface area contributed by atoms with Gasteiger partial charge in [0.1, 0.15) is 10.7 Å². The number of aryl methyl sites for hydroxylation is 2. The number of rotatable bonds is 2. The molecule has 0 atom stereocenters. The first kappa shape index (κ1) is 12.0. The molecule has 0 radical (unpaired) electrons. The third kappa shape index (κ3) is 2.12. The highest BCUT2D eigenvalue weighted by Crippen LogP contribution is 2.29. The molecule has 1 aromatic rings. The summed E-state index contributed by atoms with van der Waals surface area (Å²) in [5.74, 6) is 0.881. The van der Waals surface area contributed by atoms with Crippen LogP contribution in [0, 0.1) is 20.8 Å². The maximum atomic E-state index is 5.43. The van der Waals surface area contributed by atoms with Crippen molar-refractivity contribution in [1.82, 2.24) is 5.32 Å². The lowest BCUT2D eigenvalue weighted by molar-refractivity contribution is 0.410. The van der Waals surface area contributed by atoms with Gasteiger partial charge >= 0.3 is 0 Å². The van der Waals surface area contributed by atoms with Gasteiger partial charge < -0.3 is 10.1 Å². The molecule has 0 amide bonds. The number of hydrogen-bond donors (Lipinski definition) is 1. The van der Waals surface area contributed by atoms with Gasteiger partial charge in [-0.1, -0.05) is 18.3 Å². The molecule has 0 aliphatic carbocycles. The molecule has 82 valence electrons. The summed E-state index contributed by atoms with van der Waals surface area (Å²) in [4.78, 5) is 0.729. The van der Waals surface area contributed by atoms with E-state index in [1.807, 2.05) is 14.0 Å². The monoisotopic (exact) mass is 223 g/mol. The Bertz CT molecular complexity index is 399. The van der Waals surface area contributed by atoms with E-state index in [-0.39, 0.29) is 0 Å². The zero-order valence-electron chi connectivity index (χ0n) is 9.89. The first-order valence-corrected chi connectivity index (χ1v) is 5.30. The van der Waals surface area contributed by atoms with E-state index in [9.17, 15) is 0 Å². The van der Waals surface area contributed by atoms with Crippen LogP contribution < -0.4 is 10.1 Å². The molecule has 0 aliphatic rings. The summed E-state index contributed by atoms with van der Waals surface area (Å²) >= 11 is 5.27. The standard InChI is InChI=1S/C12H17NOS/c1-7-6-8(2)10(12(15)13-4)11(14-5)9(7)3/h6H,1-5H3,(H,13,15). The molecule has 2 nitrogen and oxygen atoms in total. The normalized spacial score (nSPS) is 9.93. The van der Waals surface area contributed by atoms with E-state index < -0.39 is 0 Å². The van der Waals surface area contributed by atoms with Crippen molar-refractivity contribution >= 4 is 17.2 Å². The van der Waals surface area contributed by atoms with Gasteiger partial charge in [0.25, 0.3) is 0 Å². The van der Waals surface area contributed by atoms with Gasteiger partial charge in [-0.05, 0) is 37.5 Å². The number of ether oxygens (including phenoxy) is 1. The first-order chi connectivity index (χ1) is 7.02. The first-order valence-electron chi connectivity index (χ1n) is 4.89. The Kier molecular flexibility index (Phi) is 3.69.